The Morgan fingerprint density at radius 2 is 1.68 bits per heavy atom. The van der Waals surface area contributed by atoms with Crippen LogP contribution < -0.4 is 16.0 Å². The van der Waals surface area contributed by atoms with Crippen molar-refractivity contribution in [3.63, 3.8) is 0 Å². The maximum atomic E-state index is 12.3. The van der Waals surface area contributed by atoms with Crippen molar-refractivity contribution in [2.24, 2.45) is 5.92 Å². The van der Waals surface area contributed by atoms with Gasteiger partial charge in [-0.15, -0.1) is 0 Å². The van der Waals surface area contributed by atoms with Crippen molar-refractivity contribution in [3.8, 4) is 0 Å². The Balaban J connectivity index is 0.000000934. The zero-order chi connectivity index (χ0) is 27.3. The molecule has 4 rings (SSSR count). The van der Waals surface area contributed by atoms with Gasteiger partial charge in [-0.05, 0) is 41.3 Å². The molecule has 0 saturated carbocycles. The number of hydrogen-bond donors (Lipinski definition) is 3. The molecule has 0 radical (unpaired) electrons. The van der Waals surface area contributed by atoms with E-state index in [0.717, 1.165) is 22.7 Å². The van der Waals surface area contributed by atoms with Crippen molar-refractivity contribution in [2.75, 3.05) is 17.2 Å². The predicted molar refractivity (Wildman–Crippen MR) is 154 cm³/mol. The molecule has 2 aromatic carbocycles. The highest BCUT2D eigenvalue weighted by molar-refractivity contribution is 6.30. The molecule has 10 heteroatoms. The second kappa shape index (κ2) is 15.0. The summed E-state index contributed by atoms with van der Waals surface area (Å²) in [6.45, 7) is 8.02. The number of nitrogens with one attached hydrogen (secondary N) is 3. The molecule has 0 aliphatic heterocycles. The molecule has 2 heterocycles. The first-order valence-electron chi connectivity index (χ1n) is 12.3. The van der Waals surface area contributed by atoms with Crippen molar-refractivity contribution in [3.05, 3.63) is 100 Å². The lowest BCUT2D eigenvalue weighted by Crippen LogP contribution is -2.29. The van der Waals surface area contributed by atoms with Crippen molar-refractivity contribution in [1.82, 2.24) is 24.8 Å². The van der Waals surface area contributed by atoms with Gasteiger partial charge >= 0.3 is 0 Å². The molecule has 0 saturated heterocycles. The van der Waals surface area contributed by atoms with Gasteiger partial charge in [0.15, 0.2) is 0 Å². The van der Waals surface area contributed by atoms with Gasteiger partial charge in [0.1, 0.15) is 5.82 Å². The third-order valence-electron chi connectivity index (χ3n) is 4.86. The van der Waals surface area contributed by atoms with Gasteiger partial charge in [-0.2, -0.15) is 4.98 Å². The fraction of sp³-hybridized carbons (Fsp3) is 0.286. The fourth-order valence-electron chi connectivity index (χ4n) is 3.18. The third kappa shape index (κ3) is 10.8. The minimum absolute atomic E-state index is 0.0723. The predicted octanol–water partition coefficient (Wildman–Crippen LogP) is 6.03. The number of imidazole rings is 1. The highest BCUT2D eigenvalue weighted by atomic mass is 35.5. The number of nitrogens with zero attached hydrogens (tertiary/aromatic N) is 4. The van der Waals surface area contributed by atoms with Gasteiger partial charge in [0.25, 0.3) is 0 Å². The summed E-state index contributed by atoms with van der Waals surface area (Å²) in [5.74, 6) is 1.67. The number of carbonyl (C=O) groups is 1. The van der Waals surface area contributed by atoms with E-state index >= 15 is 0 Å². The average molecular weight is 555 g/mol. The van der Waals surface area contributed by atoms with Crippen LogP contribution in [0.15, 0.2) is 73.3 Å². The number of amides is 1. The normalized spacial score (nSPS) is 10.5. The van der Waals surface area contributed by atoms with Crippen molar-refractivity contribution < 1.29 is 4.79 Å². The lowest BCUT2D eigenvalue weighted by Gasteiger charge is -2.12. The van der Waals surface area contributed by atoms with Gasteiger partial charge in [0.2, 0.25) is 11.9 Å². The minimum atomic E-state index is -0.154. The van der Waals surface area contributed by atoms with Crippen LogP contribution in [0.5, 0.6) is 0 Å². The number of anilines is 2. The molecule has 0 fully saturated rings. The molecular weight excluding hydrogens is 521 g/mol. The molecule has 2 aromatic heterocycles. The van der Waals surface area contributed by atoms with E-state index in [4.69, 9.17) is 23.2 Å². The summed E-state index contributed by atoms with van der Waals surface area (Å²) in [5.41, 5.74) is 2.74. The molecule has 0 atom stereocenters. The molecule has 4 aromatic rings. The fourth-order valence-corrected chi connectivity index (χ4v) is 3.52. The van der Waals surface area contributed by atoms with E-state index in [9.17, 15) is 4.79 Å². The van der Waals surface area contributed by atoms with Gasteiger partial charge in [0, 0.05) is 41.6 Å². The minimum Gasteiger partial charge on any atom is -0.361 e. The first kappa shape index (κ1) is 28.9. The first-order chi connectivity index (χ1) is 18.3. The zero-order valence-electron chi connectivity index (χ0n) is 21.8. The zero-order valence-corrected chi connectivity index (χ0v) is 23.3. The van der Waals surface area contributed by atoms with Gasteiger partial charge in [-0.1, -0.05) is 68.2 Å². The largest absolute Gasteiger partial charge is 0.361 e. The molecule has 0 unspecified atom stereocenters. The Kier molecular flexibility index (Phi) is 11.4. The van der Waals surface area contributed by atoms with Gasteiger partial charge in [-0.3, -0.25) is 4.79 Å². The van der Waals surface area contributed by atoms with Gasteiger partial charge in [-0.25, -0.2) is 9.97 Å². The van der Waals surface area contributed by atoms with E-state index in [0.29, 0.717) is 41.4 Å². The molecule has 200 valence electrons. The average Bonchev–Trinajstić information content (AvgIpc) is 3.39. The Hall–Kier alpha value is -3.62. The summed E-state index contributed by atoms with van der Waals surface area (Å²) in [4.78, 5) is 25.5. The van der Waals surface area contributed by atoms with Gasteiger partial charge in [0.05, 0.1) is 25.1 Å². The van der Waals surface area contributed by atoms with Crippen LogP contribution in [0.1, 0.15) is 37.6 Å². The Morgan fingerprint density at radius 1 is 0.921 bits per heavy atom. The number of rotatable bonds is 10. The number of aromatic nitrogens is 4. The van der Waals surface area contributed by atoms with Crippen LogP contribution in [-0.4, -0.2) is 32.0 Å². The summed E-state index contributed by atoms with van der Waals surface area (Å²) in [6, 6.07) is 16.7. The number of hydrogen-bond acceptors (Lipinski definition) is 6. The highest BCUT2D eigenvalue weighted by Gasteiger charge is 2.08. The summed E-state index contributed by atoms with van der Waals surface area (Å²) in [7, 11) is 0. The van der Waals surface area contributed by atoms with Crippen LogP contribution in [0.25, 0.3) is 0 Å². The topological polar surface area (TPSA) is 96.8 Å². The standard InChI is InChI=1S/C24H23Cl2N7O.C4H10/c25-19-6-4-17(5-7-19)12-29-23(34)14-28-22-11-21(15-33-9-8-27-16-33)31-24(32-22)30-13-18-2-1-3-20(26)10-18;1-4(2)3/h1-11,16H,12-15H2,(H,29,34)(H2,28,30,31,32);4H,1-3H3. The molecular formula is C28H33Cl2N7O. The van der Waals surface area contributed by atoms with E-state index in [-0.39, 0.29) is 12.5 Å². The highest BCUT2D eigenvalue weighted by Crippen LogP contribution is 2.15. The van der Waals surface area contributed by atoms with Crippen molar-refractivity contribution in [2.45, 2.75) is 40.4 Å². The van der Waals surface area contributed by atoms with Crippen molar-refractivity contribution in [1.29, 1.82) is 0 Å². The number of halogens is 2. The molecule has 0 aliphatic rings. The van der Waals surface area contributed by atoms with E-state index < -0.39 is 0 Å². The molecule has 0 bridgehead atoms. The van der Waals surface area contributed by atoms with Crippen LogP contribution in [-0.2, 0) is 24.4 Å². The van der Waals surface area contributed by atoms with E-state index in [1.54, 1.807) is 24.7 Å². The lowest BCUT2D eigenvalue weighted by molar-refractivity contribution is -0.119. The molecule has 3 N–H and O–H groups in total. The van der Waals surface area contributed by atoms with E-state index in [1.165, 1.54) is 0 Å². The molecule has 8 nitrogen and oxygen atoms in total. The lowest BCUT2D eigenvalue weighted by atomic mass is 10.2. The van der Waals surface area contributed by atoms with Crippen LogP contribution in [0, 0.1) is 5.92 Å². The Morgan fingerprint density at radius 3 is 2.37 bits per heavy atom. The van der Waals surface area contributed by atoms with Crippen molar-refractivity contribution >= 4 is 40.9 Å². The summed E-state index contributed by atoms with van der Waals surface area (Å²) in [6.07, 6.45) is 5.29. The maximum Gasteiger partial charge on any atom is 0.239 e. The third-order valence-corrected chi connectivity index (χ3v) is 5.34. The first-order valence-corrected chi connectivity index (χ1v) is 13.1. The van der Waals surface area contributed by atoms with E-state index in [1.807, 2.05) is 53.2 Å². The number of benzene rings is 2. The summed E-state index contributed by atoms with van der Waals surface area (Å²) in [5, 5.41) is 10.5. The van der Waals surface area contributed by atoms with E-state index in [2.05, 4.69) is 51.7 Å². The summed E-state index contributed by atoms with van der Waals surface area (Å²) >= 11 is 12.0. The van der Waals surface area contributed by atoms with Crippen LogP contribution >= 0.6 is 23.2 Å². The Labute approximate surface area is 233 Å². The van der Waals surface area contributed by atoms with Crippen LogP contribution in [0.2, 0.25) is 10.0 Å². The van der Waals surface area contributed by atoms with Crippen LogP contribution in [0.4, 0.5) is 11.8 Å². The van der Waals surface area contributed by atoms with Gasteiger partial charge < -0.3 is 20.5 Å². The second-order valence-corrected chi connectivity index (χ2v) is 10.1. The summed E-state index contributed by atoms with van der Waals surface area (Å²) < 4.78 is 1.91. The quantitative estimate of drug-likeness (QED) is 0.222. The van der Waals surface area contributed by atoms with Crippen LogP contribution in [0.3, 0.4) is 0 Å². The second-order valence-electron chi connectivity index (χ2n) is 9.28. The molecule has 0 spiro atoms. The molecule has 38 heavy (non-hydrogen) atoms. The smallest absolute Gasteiger partial charge is 0.239 e. The molecule has 0 aliphatic carbocycles. The monoisotopic (exact) mass is 553 g/mol. The molecule has 1 amide bonds. The number of carbonyl (C=O) groups excluding carboxylic acids is 1. The Bertz CT molecular complexity index is 1280. The maximum absolute atomic E-state index is 12.3. The SMILES string of the molecule is CC(C)C.O=C(CNc1cc(Cn2ccnc2)nc(NCc2cccc(Cl)c2)n1)NCc1ccc(Cl)cc1.